The van der Waals surface area contributed by atoms with E-state index < -0.39 is 26.8 Å². The Kier molecular flexibility index (Phi) is 7.17. The van der Waals surface area contributed by atoms with E-state index in [4.69, 9.17) is 4.74 Å². The number of ketones is 1. The van der Waals surface area contributed by atoms with Gasteiger partial charge in [-0.15, -0.1) is 0 Å². The molecule has 4 nitrogen and oxygen atoms in total. The monoisotopic (exact) mass is 420 g/mol. The van der Waals surface area contributed by atoms with E-state index in [0.29, 0.717) is 31.2 Å². The molecule has 1 aliphatic carbocycles. The van der Waals surface area contributed by atoms with Gasteiger partial charge in [-0.05, 0) is 63.1 Å². The Labute approximate surface area is 164 Å². The highest BCUT2D eigenvalue weighted by molar-refractivity contribution is 7.91. The number of carbonyl (C=O) groups is 1. The van der Waals surface area contributed by atoms with Crippen LogP contribution in [-0.2, 0) is 27.2 Å². The molecule has 158 valence electrons. The van der Waals surface area contributed by atoms with Crippen LogP contribution in [0.3, 0.4) is 0 Å². The summed E-state index contributed by atoms with van der Waals surface area (Å²) in [4.78, 5) is 12.6. The maximum absolute atomic E-state index is 12.9. The Morgan fingerprint density at radius 1 is 1.18 bits per heavy atom. The van der Waals surface area contributed by atoms with Crippen molar-refractivity contribution in [3.05, 3.63) is 29.3 Å². The molecule has 28 heavy (non-hydrogen) atoms. The van der Waals surface area contributed by atoms with Gasteiger partial charge in [0.15, 0.2) is 9.84 Å². The fourth-order valence-electron chi connectivity index (χ4n) is 3.60. The van der Waals surface area contributed by atoms with Crippen molar-refractivity contribution in [1.29, 1.82) is 0 Å². The predicted molar refractivity (Wildman–Crippen MR) is 101 cm³/mol. The number of Topliss-reactive ketones (excluding diaryl/α,β-unsaturated/α-hetero) is 1. The topological polar surface area (TPSA) is 60.4 Å². The first kappa shape index (κ1) is 22.7. The summed E-state index contributed by atoms with van der Waals surface area (Å²) in [5.41, 5.74) is -0.377. The number of benzene rings is 1. The van der Waals surface area contributed by atoms with Gasteiger partial charge in [0.05, 0.1) is 23.7 Å². The number of alkyl halides is 3. The van der Waals surface area contributed by atoms with Gasteiger partial charge in [-0.1, -0.05) is 6.07 Å². The van der Waals surface area contributed by atoms with Crippen molar-refractivity contribution in [3.63, 3.8) is 0 Å². The van der Waals surface area contributed by atoms with E-state index in [2.05, 4.69) is 0 Å². The quantitative estimate of drug-likeness (QED) is 0.654. The molecule has 0 atom stereocenters. The molecule has 0 bridgehead atoms. The zero-order valence-electron chi connectivity index (χ0n) is 16.4. The number of hydrogen-bond acceptors (Lipinski definition) is 4. The van der Waals surface area contributed by atoms with E-state index >= 15 is 0 Å². The molecule has 1 aliphatic rings. The van der Waals surface area contributed by atoms with Crippen LogP contribution in [-0.4, -0.2) is 32.3 Å². The zero-order valence-corrected chi connectivity index (χ0v) is 17.2. The molecular formula is C20H27F3O4S. The molecule has 0 radical (unpaired) electrons. The Hall–Kier alpha value is -1.57. The highest BCUT2D eigenvalue weighted by Gasteiger charge is 2.35. The first-order valence-corrected chi connectivity index (χ1v) is 11.1. The lowest BCUT2D eigenvalue weighted by atomic mass is 9.79. The minimum Gasteiger partial charge on any atom is -0.496 e. The van der Waals surface area contributed by atoms with E-state index in [9.17, 15) is 26.4 Å². The van der Waals surface area contributed by atoms with Crippen LogP contribution < -0.4 is 4.74 Å². The van der Waals surface area contributed by atoms with Crippen molar-refractivity contribution >= 4 is 15.6 Å². The summed E-state index contributed by atoms with van der Waals surface area (Å²) in [6, 6.07) is 3.51. The fourth-order valence-corrected chi connectivity index (χ4v) is 4.97. The Morgan fingerprint density at radius 3 is 2.29 bits per heavy atom. The third-order valence-corrected chi connectivity index (χ3v) is 7.81. The van der Waals surface area contributed by atoms with Gasteiger partial charge in [-0.25, -0.2) is 8.42 Å². The van der Waals surface area contributed by atoms with Gasteiger partial charge in [0.2, 0.25) is 0 Å². The summed E-state index contributed by atoms with van der Waals surface area (Å²) in [5, 5.41) is -0.401. The van der Waals surface area contributed by atoms with Crippen molar-refractivity contribution in [2.75, 3.05) is 12.9 Å². The molecule has 1 aromatic carbocycles. The van der Waals surface area contributed by atoms with Gasteiger partial charge in [0, 0.05) is 12.3 Å². The normalized spacial score (nSPS) is 21.0. The highest BCUT2D eigenvalue weighted by atomic mass is 32.2. The molecule has 0 heterocycles. The van der Waals surface area contributed by atoms with Gasteiger partial charge in [0.25, 0.3) is 0 Å². The number of carbonyl (C=O) groups excluding carboxylic acids is 1. The minimum absolute atomic E-state index is 0.0213. The van der Waals surface area contributed by atoms with E-state index in [-0.39, 0.29) is 35.5 Å². The molecule has 0 amide bonds. The van der Waals surface area contributed by atoms with Crippen molar-refractivity contribution in [1.82, 2.24) is 0 Å². The van der Waals surface area contributed by atoms with Crippen LogP contribution in [0.1, 0.15) is 50.7 Å². The van der Waals surface area contributed by atoms with Gasteiger partial charge in [-0.3, -0.25) is 4.79 Å². The lowest BCUT2D eigenvalue weighted by Gasteiger charge is -2.28. The largest absolute Gasteiger partial charge is 0.496 e. The van der Waals surface area contributed by atoms with Gasteiger partial charge in [-0.2, -0.15) is 13.2 Å². The Bertz CT molecular complexity index is 792. The number of sulfone groups is 1. The van der Waals surface area contributed by atoms with Crippen molar-refractivity contribution in [2.45, 2.75) is 57.4 Å². The smallest absolute Gasteiger partial charge is 0.419 e. The maximum atomic E-state index is 12.9. The molecule has 0 spiro atoms. The minimum atomic E-state index is -4.51. The van der Waals surface area contributed by atoms with Crippen LogP contribution >= 0.6 is 0 Å². The fraction of sp³-hybridized carbons (Fsp3) is 0.650. The standard InChI is InChI=1S/C20H27F3O4S/c1-13(2)28(25,26)12-14-4-7-16(8-5-14)18(24)10-15-6-9-17(20(21,22)23)19(11-15)27-3/h6,9,11,13-14,16H,4-5,7-8,10,12H2,1-3H3. The molecule has 2 rings (SSSR count). The van der Waals surface area contributed by atoms with Crippen molar-refractivity contribution in [3.8, 4) is 5.75 Å². The van der Waals surface area contributed by atoms with Gasteiger partial charge in [0.1, 0.15) is 11.5 Å². The Morgan fingerprint density at radius 2 is 1.79 bits per heavy atom. The zero-order chi connectivity index (χ0) is 21.1. The average molecular weight is 420 g/mol. The number of ether oxygens (including phenoxy) is 1. The molecular weight excluding hydrogens is 393 g/mol. The summed E-state index contributed by atoms with van der Waals surface area (Å²) in [5.74, 6) is -0.261. The highest BCUT2D eigenvalue weighted by Crippen LogP contribution is 2.37. The molecule has 0 saturated heterocycles. The van der Waals surface area contributed by atoms with Crippen LogP contribution in [0.25, 0.3) is 0 Å². The summed E-state index contributed by atoms with van der Waals surface area (Å²) in [7, 11) is -1.93. The Balaban J connectivity index is 1.96. The average Bonchev–Trinajstić information content (AvgIpc) is 2.60. The second-order valence-corrected chi connectivity index (χ2v) is 10.4. The van der Waals surface area contributed by atoms with Crippen LogP contribution in [0.4, 0.5) is 13.2 Å². The molecule has 0 aromatic heterocycles. The summed E-state index contributed by atoms with van der Waals surface area (Å²) in [6.45, 7) is 3.34. The molecule has 1 fully saturated rings. The number of rotatable bonds is 7. The van der Waals surface area contributed by atoms with Crippen molar-refractivity contribution in [2.24, 2.45) is 11.8 Å². The first-order chi connectivity index (χ1) is 12.9. The molecule has 0 unspecified atom stereocenters. The molecule has 8 heteroatoms. The summed E-state index contributed by atoms with van der Waals surface area (Å²) in [6.07, 6.45) is -1.86. The maximum Gasteiger partial charge on any atom is 0.419 e. The summed E-state index contributed by atoms with van der Waals surface area (Å²) < 4.78 is 67.7. The number of hydrogen-bond donors (Lipinski definition) is 0. The van der Waals surface area contributed by atoms with Crippen LogP contribution in [0.2, 0.25) is 0 Å². The second-order valence-electron chi connectivity index (χ2n) is 7.77. The molecule has 1 saturated carbocycles. The first-order valence-electron chi connectivity index (χ1n) is 9.42. The molecule has 1 aromatic rings. The van der Waals surface area contributed by atoms with Crippen molar-refractivity contribution < 1.29 is 31.1 Å². The second kappa shape index (κ2) is 8.84. The third-order valence-electron chi connectivity index (χ3n) is 5.44. The lowest BCUT2D eigenvalue weighted by molar-refractivity contribution is -0.138. The third kappa shape index (κ3) is 5.72. The lowest BCUT2D eigenvalue weighted by Crippen LogP contribution is -2.29. The number of methoxy groups -OCH3 is 1. The van der Waals surface area contributed by atoms with E-state index in [1.807, 2.05) is 0 Å². The van der Waals surface area contributed by atoms with Crippen LogP contribution in [0, 0.1) is 11.8 Å². The SMILES string of the molecule is COc1cc(CC(=O)C2CCC(CS(=O)(=O)C(C)C)CC2)ccc1C(F)(F)F. The van der Waals surface area contributed by atoms with Crippen LogP contribution in [0.5, 0.6) is 5.75 Å². The predicted octanol–water partition coefficient (Wildman–Crippen LogP) is 4.46. The van der Waals surface area contributed by atoms with E-state index in [0.717, 1.165) is 6.07 Å². The number of halogens is 3. The van der Waals surface area contributed by atoms with E-state index in [1.54, 1.807) is 13.8 Å². The summed E-state index contributed by atoms with van der Waals surface area (Å²) >= 11 is 0. The molecule has 0 aliphatic heterocycles. The van der Waals surface area contributed by atoms with Crippen LogP contribution in [0.15, 0.2) is 18.2 Å². The van der Waals surface area contributed by atoms with E-state index in [1.165, 1.54) is 19.2 Å². The van der Waals surface area contributed by atoms with Gasteiger partial charge < -0.3 is 4.74 Å². The van der Waals surface area contributed by atoms with Gasteiger partial charge >= 0.3 is 6.18 Å². The molecule has 0 N–H and O–H groups in total.